The molecule has 0 heterocycles. The summed E-state index contributed by atoms with van der Waals surface area (Å²) < 4.78 is 0.380. The van der Waals surface area contributed by atoms with Crippen LogP contribution in [0.4, 0.5) is 0 Å². The summed E-state index contributed by atoms with van der Waals surface area (Å²) >= 11 is 0. The molecule has 1 unspecified atom stereocenters. The van der Waals surface area contributed by atoms with Crippen molar-refractivity contribution in [1.82, 2.24) is 0 Å². The van der Waals surface area contributed by atoms with Gasteiger partial charge in [0, 0.05) is 0 Å². The second-order valence-corrected chi connectivity index (χ2v) is 7.15. The lowest BCUT2D eigenvalue weighted by Gasteiger charge is -2.35. The zero-order chi connectivity index (χ0) is 17.2. The van der Waals surface area contributed by atoms with Gasteiger partial charge in [-0.05, 0) is 12.8 Å². The second-order valence-electron chi connectivity index (χ2n) is 7.15. The van der Waals surface area contributed by atoms with Crippen LogP contribution in [-0.4, -0.2) is 59.9 Å². The molecule has 0 saturated carbocycles. The van der Waals surface area contributed by atoms with Crippen molar-refractivity contribution in [2.24, 2.45) is 0 Å². The minimum absolute atomic E-state index is 0.180. The third-order valence-electron chi connectivity index (χ3n) is 3.64. The first-order chi connectivity index (χ1) is 10.1. The predicted octanol–water partition coefficient (Wildman–Crippen LogP) is 2.41. The van der Waals surface area contributed by atoms with Gasteiger partial charge in [0.05, 0.1) is 33.1 Å². The van der Waals surface area contributed by atoms with Gasteiger partial charge in [-0.25, -0.2) is 4.79 Å². The molecule has 2 N–H and O–H groups in total. The van der Waals surface area contributed by atoms with Gasteiger partial charge in [0.1, 0.15) is 12.5 Å². The molecule has 5 nitrogen and oxygen atoms in total. The Morgan fingerprint density at radius 2 is 1.64 bits per heavy atom. The van der Waals surface area contributed by atoms with Crippen LogP contribution in [0.25, 0.3) is 0 Å². The summed E-state index contributed by atoms with van der Waals surface area (Å²) in [6, 6.07) is 0. The lowest BCUT2D eigenvalue weighted by molar-refractivity contribution is -0.876. The first kappa shape index (κ1) is 20.8. The highest BCUT2D eigenvalue weighted by Crippen LogP contribution is 2.26. The van der Waals surface area contributed by atoms with E-state index >= 15 is 0 Å². The number of carboxylic acids is 1. The molecule has 0 amide bonds. The van der Waals surface area contributed by atoms with Crippen LogP contribution in [0.1, 0.15) is 58.3 Å². The summed E-state index contributed by atoms with van der Waals surface area (Å²) in [6.07, 6.45) is 6.40. The molecule has 0 aromatic heterocycles. The third kappa shape index (κ3) is 8.98. The Bertz CT molecular complexity index is 394. The average molecular weight is 314 g/mol. The molecule has 128 valence electrons. The molecule has 22 heavy (non-hydrogen) atoms. The smallest absolute Gasteiger partial charge is 0.306 e. The van der Waals surface area contributed by atoms with Crippen molar-refractivity contribution >= 4 is 11.9 Å². The van der Waals surface area contributed by atoms with E-state index in [0.717, 1.165) is 19.3 Å². The van der Waals surface area contributed by atoms with E-state index < -0.39 is 18.0 Å². The number of aliphatic carboxylic acids is 1. The standard InChI is InChI=1S/C17H31NO4/c1-5-6-7-8-9-10-11-15(13-19)17(22,12-16(20)21)14-18(2,3)4/h22H,5-12,14H2,1-4H3/p+1. The number of nitrogens with zero attached hydrogens (tertiary/aromatic N) is 1. The van der Waals surface area contributed by atoms with Crippen molar-refractivity contribution in [3.63, 3.8) is 0 Å². The Kier molecular flexibility index (Phi) is 9.26. The van der Waals surface area contributed by atoms with Crippen LogP contribution in [0.5, 0.6) is 0 Å². The Morgan fingerprint density at radius 1 is 1.09 bits per heavy atom. The molecule has 1 atom stereocenters. The quantitative estimate of drug-likeness (QED) is 0.329. The van der Waals surface area contributed by atoms with E-state index in [1.54, 1.807) is 0 Å². The highest BCUT2D eigenvalue weighted by Gasteiger charge is 2.40. The Labute approximate surface area is 134 Å². The normalized spacial score (nSPS) is 14.2. The van der Waals surface area contributed by atoms with Crippen LogP contribution >= 0.6 is 0 Å². The van der Waals surface area contributed by atoms with E-state index in [0.29, 0.717) is 10.9 Å². The van der Waals surface area contributed by atoms with Crippen LogP contribution in [0, 0.1) is 0 Å². The maximum atomic E-state index is 11.3. The zero-order valence-electron chi connectivity index (χ0n) is 14.5. The van der Waals surface area contributed by atoms with Crippen molar-refractivity contribution < 1.29 is 24.3 Å². The molecule has 0 rings (SSSR count). The maximum Gasteiger partial charge on any atom is 0.306 e. The molecule has 5 heteroatoms. The van der Waals surface area contributed by atoms with Crippen LogP contribution in [-0.2, 0) is 9.59 Å². The fraction of sp³-hybridized carbons (Fsp3) is 0.824. The topological polar surface area (TPSA) is 74.6 Å². The van der Waals surface area contributed by atoms with E-state index in [9.17, 15) is 14.7 Å². The van der Waals surface area contributed by atoms with Gasteiger partial charge in [-0.1, -0.05) is 39.0 Å². The first-order valence-electron chi connectivity index (χ1n) is 8.13. The van der Waals surface area contributed by atoms with Gasteiger partial charge in [0.25, 0.3) is 0 Å². The maximum absolute atomic E-state index is 11.3. The number of hydrogen-bond donors (Lipinski definition) is 2. The molecule has 0 aliphatic heterocycles. The Balaban J connectivity index is 4.72. The molecule has 0 aliphatic carbocycles. The van der Waals surface area contributed by atoms with Gasteiger partial charge >= 0.3 is 5.97 Å². The summed E-state index contributed by atoms with van der Waals surface area (Å²) in [4.78, 5) is 22.3. The number of likely N-dealkylation sites (N-methyl/N-ethyl adjacent to an activating group) is 1. The van der Waals surface area contributed by atoms with E-state index in [-0.39, 0.29) is 12.1 Å². The molecule has 0 aromatic carbocycles. The molecule has 0 spiro atoms. The summed E-state index contributed by atoms with van der Waals surface area (Å²) in [6.45, 7) is 2.34. The van der Waals surface area contributed by atoms with Gasteiger partial charge in [-0.3, -0.25) is 4.79 Å². The van der Waals surface area contributed by atoms with Crippen molar-refractivity contribution in [3.05, 3.63) is 5.57 Å². The summed E-state index contributed by atoms with van der Waals surface area (Å²) in [7, 11) is 5.58. The van der Waals surface area contributed by atoms with Crippen molar-refractivity contribution in [1.29, 1.82) is 0 Å². The lowest BCUT2D eigenvalue weighted by Crippen LogP contribution is -2.51. The fourth-order valence-corrected chi connectivity index (χ4v) is 2.75. The molecule has 0 fully saturated rings. The summed E-state index contributed by atoms with van der Waals surface area (Å²) in [5.74, 6) is 0.711. The molecular weight excluding hydrogens is 282 g/mol. The van der Waals surface area contributed by atoms with Gasteiger partial charge in [0.2, 0.25) is 0 Å². The van der Waals surface area contributed by atoms with E-state index in [4.69, 9.17) is 5.11 Å². The molecule has 0 aliphatic rings. The fourth-order valence-electron chi connectivity index (χ4n) is 2.75. The average Bonchev–Trinajstić information content (AvgIpc) is 2.34. The van der Waals surface area contributed by atoms with Gasteiger partial charge < -0.3 is 14.7 Å². The zero-order valence-corrected chi connectivity index (χ0v) is 14.5. The number of carbonyl (C=O) groups is 1. The Morgan fingerprint density at radius 3 is 2.09 bits per heavy atom. The SMILES string of the molecule is CCCCCCCCC(=C=O)C(O)(CC(=O)O)C[N+](C)(C)C. The monoisotopic (exact) mass is 314 g/mol. The molecule has 0 aromatic rings. The minimum Gasteiger partial charge on any atom is -0.481 e. The molecule has 0 bridgehead atoms. The summed E-state index contributed by atoms with van der Waals surface area (Å²) in [5, 5.41) is 19.8. The van der Waals surface area contributed by atoms with Crippen molar-refractivity contribution in [3.8, 4) is 0 Å². The highest BCUT2D eigenvalue weighted by molar-refractivity contribution is 5.71. The van der Waals surface area contributed by atoms with Crippen LogP contribution in [0.2, 0.25) is 0 Å². The summed E-state index contributed by atoms with van der Waals surface area (Å²) in [5.41, 5.74) is -1.42. The van der Waals surface area contributed by atoms with Crippen LogP contribution < -0.4 is 0 Å². The number of carboxylic acid groups (broad SMARTS) is 1. The highest BCUT2D eigenvalue weighted by atomic mass is 16.4. The number of aliphatic hydroxyl groups is 1. The molecule has 0 radical (unpaired) electrons. The molecule has 0 saturated heterocycles. The lowest BCUT2D eigenvalue weighted by atomic mass is 9.86. The number of rotatable bonds is 12. The van der Waals surface area contributed by atoms with Crippen LogP contribution in [0.15, 0.2) is 5.57 Å². The molecular formula is C17H32NO4+. The van der Waals surface area contributed by atoms with Gasteiger partial charge in [-0.2, -0.15) is 0 Å². The number of carbonyl (C=O) groups excluding carboxylic acids is 1. The minimum atomic E-state index is -1.62. The Hall–Kier alpha value is -1.16. The number of quaternary nitrogens is 1. The third-order valence-corrected chi connectivity index (χ3v) is 3.64. The van der Waals surface area contributed by atoms with E-state index in [1.807, 2.05) is 27.1 Å². The van der Waals surface area contributed by atoms with Gasteiger partial charge in [0.15, 0.2) is 5.60 Å². The van der Waals surface area contributed by atoms with Crippen LogP contribution in [0.3, 0.4) is 0 Å². The first-order valence-corrected chi connectivity index (χ1v) is 8.13. The van der Waals surface area contributed by atoms with E-state index in [2.05, 4.69) is 6.92 Å². The predicted molar refractivity (Wildman–Crippen MR) is 87.3 cm³/mol. The van der Waals surface area contributed by atoms with Gasteiger partial charge in [-0.15, -0.1) is 0 Å². The van der Waals surface area contributed by atoms with Crippen molar-refractivity contribution in [2.45, 2.75) is 63.9 Å². The van der Waals surface area contributed by atoms with E-state index in [1.165, 1.54) is 19.3 Å². The largest absolute Gasteiger partial charge is 0.481 e. The second kappa shape index (κ2) is 9.78. The number of unbranched alkanes of at least 4 members (excludes halogenated alkanes) is 5. The number of hydrogen-bond acceptors (Lipinski definition) is 3. The van der Waals surface area contributed by atoms with Crippen molar-refractivity contribution in [2.75, 3.05) is 27.7 Å².